The highest BCUT2D eigenvalue weighted by Gasteiger charge is 2.32. The third-order valence-electron chi connectivity index (χ3n) is 5.53. The fraction of sp³-hybridized carbons (Fsp3) is 0.417. The second-order valence-corrected chi connectivity index (χ2v) is 10.0. The van der Waals surface area contributed by atoms with Gasteiger partial charge in [-0.1, -0.05) is 36.8 Å². The van der Waals surface area contributed by atoms with Gasteiger partial charge in [-0.15, -0.1) is 0 Å². The van der Waals surface area contributed by atoms with Crippen molar-refractivity contribution < 1.29 is 27.5 Å². The Morgan fingerprint density at radius 1 is 1.06 bits per heavy atom. The molecule has 184 valence electrons. The van der Waals surface area contributed by atoms with Crippen molar-refractivity contribution in [1.82, 2.24) is 10.2 Å². The average molecular weight is 490 g/mol. The number of likely N-dealkylation sites (N-methyl/N-ethyl adjacent to an activating group) is 1. The standard InChI is InChI=1S/C24H31N3O6S/c1-5-20(24(29)25-6-2)26(14-18-9-7-17(3)8-10-18)23(28)15-27(34(4,30)31)19-11-12-21-22(13-19)33-16-32-21/h7-13,20H,5-6,14-16H2,1-4H3,(H,25,29)/t20-/m0/s1. The van der Waals surface area contributed by atoms with Gasteiger partial charge in [0.25, 0.3) is 0 Å². The maximum absolute atomic E-state index is 13.6. The van der Waals surface area contributed by atoms with Crippen molar-refractivity contribution in [3.63, 3.8) is 0 Å². The molecular weight excluding hydrogens is 458 g/mol. The summed E-state index contributed by atoms with van der Waals surface area (Å²) >= 11 is 0. The van der Waals surface area contributed by atoms with Crippen LogP contribution in [0, 0.1) is 6.92 Å². The normalized spacial score (nSPS) is 13.3. The van der Waals surface area contributed by atoms with Crippen molar-refractivity contribution in [2.45, 2.75) is 39.8 Å². The first kappa shape index (κ1) is 25.4. The highest BCUT2D eigenvalue weighted by Crippen LogP contribution is 2.36. The molecule has 0 spiro atoms. The van der Waals surface area contributed by atoms with Crippen LogP contribution in [0.5, 0.6) is 11.5 Å². The van der Waals surface area contributed by atoms with E-state index in [1.807, 2.05) is 45.0 Å². The number of benzene rings is 2. The molecule has 0 unspecified atom stereocenters. The number of fused-ring (bicyclic) bond motifs is 1. The van der Waals surface area contributed by atoms with E-state index in [2.05, 4.69) is 5.32 Å². The van der Waals surface area contributed by atoms with Crippen molar-refractivity contribution in [3.05, 3.63) is 53.6 Å². The van der Waals surface area contributed by atoms with Gasteiger partial charge < -0.3 is 19.7 Å². The van der Waals surface area contributed by atoms with E-state index in [0.717, 1.165) is 21.7 Å². The monoisotopic (exact) mass is 489 g/mol. The molecule has 0 aromatic heterocycles. The minimum atomic E-state index is -3.82. The van der Waals surface area contributed by atoms with E-state index >= 15 is 0 Å². The van der Waals surface area contributed by atoms with Crippen molar-refractivity contribution >= 4 is 27.5 Å². The van der Waals surface area contributed by atoms with Gasteiger partial charge in [0.05, 0.1) is 11.9 Å². The number of hydrogen-bond acceptors (Lipinski definition) is 6. The molecule has 1 heterocycles. The Bertz CT molecular complexity index is 1130. The lowest BCUT2D eigenvalue weighted by atomic mass is 10.1. The summed E-state index contributed by atoms with van der Waals surface area (Å²) in [6, 6.07) is 11.6. The molecule has 3 rings (SSSR count). The predicted octanol–water partition coefficient (Wildman–Crippen LogP) is 2.43. The van der Waals surface area contributed by atoms with Gasteiger partial charge in [-0.05, 0) is 38.0 Å². The summed E-state index contributed by atoms with van der Waals surface area (Å²) in [6.07, 6.45) is 1.42. The first-order valence-electron chi connectivity index (χ1n) is 11.1. The van der Waals surface area contributed by atoms with E-state index in [0.29, 0.717) is 24.5 Å². The number of carbonyl (C=O) groups is 2. The van der Waals surface area contributed by atoms with Crippen LogP contribution in [0.4, 0.5) is 5.69 Å². The lowest BCUT2D eigenvalue weighted by Crippen LogP contribution is -2.52. The Morgan fingerprint density at radius 2 is 1.74 bits per heavy atom. The van der Waals surface area contributed by atoms with Crippen LogP contribution in [-0.2, 0) is 26.2 Å². The molecule has 0 saturated heterocycles. The molecule has 0 saturated carbocycles. The first-order valence-corrected chi connectivity index (χ1v) is 13.0. The molecule has 0 aliphatic carbocycles. The minimum absolute atomic E-state index is 0.0473. The van der Waals surface area contributed by atoms with Gasteiger partial charge in [0.15, 0.2) is 11.5 Å². The molecule has 0 radical (unpaired) electrons. The van der Waals surface area contributed by atoms with Crippen LogP contribution in [0.25, 0.3) is 0 Å². The second-order valence-electron chi connectivity index (χ2n) is 8.13. The number of anilines is 1. The molecule has 1 atom stereocenters. The average Bonchev–Trinajstić information content (AvgIpc) is 3.26. The number of aryl methyl sites for hydroxylation is 1. The summed E-state index contributed by atoms with van der Waals surface area (Å²) < 4.78 is 37.0. The smallest absolute Gasteiger partial charge is 0.244 e. The Labute approximate surface area is 200 Å². The van der Waals surface area contributed by atoms with Gasteiger partial charge in [-0.3, -0.25) is 13.9 Å². The van der Waals surface area contributed by atoms with Crippen molar-refractivity contribution in [2.24, 2.45) is 0 Å². The van der Waals surface area contributed by atoms with E-state index in [9.17, 15) is 18.0 Å². The fourth-order valence-corrected chi connectivity index (χ4v) is 4.60. The highest BCUT2D eigenvalue weighted by molar-refractivity contribution is 7.92. The van der Waals surface area contributed by atoms with Crippen molar-refractivity contribution in [3.8, 4) is 11.5 Å². The number of carbonyl (C=O) groups excluding carboxylic acids is 2. The topological polar surface area (TPSA) is 105 Å². The SMILES string of the molecule is CCNC(=O)[C@H](CC)N(Cc1ccc(C)cc1)C(=O)CN(c1ccc2c(c1)OCO2)S(C)(=O)=O. The molecule has 2 aromatic rings. The Morgan fingerprint density at radius 3 is 2.35 bits per heavy atom. The zero-order chi connectivity index (χ0) is 24.9. The predicted molar refractivity (Wildman–Crippen MR) is 129 cm³/mol. The van der Waals surface area contributed by atoms with Gasteiger partial charge in [-0.25, -0.2) is 8.42 Å². The van der Waals surface area contributed by atoms with Crippen molar-refractivity contribution in [2.75, 3.05) is 30.4 Å². The maximum atomic E-state index is 13.6. The first-order chi connectivity index (χ1) is 16.1. The molecule has 2 amide bonds. The lowest BCUT2D eigenvalue weighted by molar-refractivity contribution is -0.140. The lowest BCUT2D eigenvalue weighted by Gasteiger charge is -2.32. The fourth-order valence-electron chi connectivity index (χ4n) is 3.76. The van der Waals surface area contributed by atoms with Crippen LogP contribution in [-0.4, -0.2) is 57.3 Å². The number of hydrogen-bond donors (Lipinski definition) is 1. The summed E-state index contributed by atoms with van der Waals surface area (Å²) in [4.78, 5) is 27.8. The van der Waals surface area contributed by atoms with Crippen LogP contribution in [0.15, 0.2) is 42.5 Å². The summed E-state index contributed by atoms with van der Waals surface area (Å²) in [7, 11) is -3.82. The van der Waals surface area contributed by atoms with Crippen LogP contribution in [0.2, 0.25) is 0 Å². The van der Waals surface area contributed by atoms with E-state index in [1.165, 1.54) is 11.0 Å². The van der Waals surface area contributed by atoms with Crippen molar-refractivity contribution in [1.29, 1.82) is 0 Å². The second kappa shape index (κ2) is 10.8. The summed E-state index contributed by atoms with van der Waals surface area (Å²) in [5, 5.41) is 2.78. The van der Waals surface area contributed by atoms with Gasteiger partial charge in [0.2, 0.25) is 28.6 Å². The van der Waals surface area contributed by atoms with E-state index in [-0.39, 0.29) is 24.9 Å². The highest BCUT2D eigenvalue weighted by atomic mass is 32.2. The number of amides is 2. The molecular formula is C24H31N3O6S. The Balaban J connectivity index is 1.93. The third-order valence-corrected chi connectivity index (χ3v) is 6.67. The van der Waals surface area contributed by atoms with E-state index in [1.54, 1.807) is 12.1 Å². The number of sulfonamides is 1. The van der Waals surface area contributed by atoms with Crippen LogP contribution in [0.1, 0.15) is 31.4 Å². The molecule has 1 aliphatic rings. The minimum Gasteiger partial charge on any atom is -0.454 e. The Kier molecular flexibility index (Phi) is 8.03. The van der Waals surface area contributed by atoms with Crippen LogP contribution >= 0.6 is 0 Å². The van der Waals surface area contributed by atoms with Crippen LogP contribution < -0.4 is 19.1 Å². The summed E-state index contributed by atoms with van der Waals surface area (Å²) in [5.74, 6) is 0.150. The molecule has 0 bridgehead atoms. The zero-order valence-electron chi connectivity index (χ0n) is 19.9. The number of ether oxygens (including phenoxy) is 2. The molecule has 1 N–H and O–H groups in total. The number of nitrogens with one attached hydrogen (secondary N) is 1. The maximum Gasteiger partial charge on any atom is 0.244 e. The summed E-state index contributed by atoms with van der Waals surface area (Å²) in [6.45, 7) is 5.78. The van der Waals surface area contributed by atoms with Gasteiger partial charge in [0.1, 0.15) is 12.6 Å². The molecule has 34 heavy (non-hydrogen) atoms. The van der Waals surface area contributed by atoms with Gasteiger partial charge in [-0.2, -0.15) is 0 Å². The van der Waals surface area contributed by atoms with Gasteiger partial charge >= 0.3 is 0 Å². The summed E-state index contributed by atoms with van der Waals surface area (Å²) in [5.41, 5.74) is 2.19. The van der Waals surface area contributed by atoms with E-state index in [4.69, 9.17) is 9.47 Å². The molecule has 9 nitrogen and oxygen atoms in total. The third kappa shape index (κ3) is 5.99. The molecule has 0 fully saturated rings. The van der Waals surface area contributed by atoms with Crippen LogP contribution in [0.3, 0.4) is 0 Å². The van der Waals surface area contributed by atoms with Gasteiger partial charge in [0, 0.05) is 19.2 Å². The quantitative estimate of drug-likeness (QED) is 0.550. The Hall–Kier alpha value is -3.27. The molecule has 2 aromatic carbocycles. The number of rotatable bonds is 10. The zero-order valence-corrected chi connectivity index (χ0v) is 20.7. The molecule has 1 aliphatic heterocycles. The number of nitrogens with zero attached hydrogens (tertiary/aromatic N) is 2. The largest absolute Gasteiger partial charge is 0.454 e. The molecule has 10 heteroatoms. The van der Waals surface area contributed by atoms with E-state index < -0.39 is 28.5 Å².